The topological polar surface area (TPSA) is 102 Å². The van der Waals surface area contributed by atoms with Gasteiger partial charge in [0.05, 0.1) is 26.6 Å². The predicted octanol–water partition coefficient (Wildman–Crippen LogP) is 2.71. The zero-order valence-electron chi connectivity index (χ0n) is 12.2. The van der Waals surface area contributed by atoms with Gasteiger partial charge in [-0.05, 0) is 32.9 Å². The molecule has 1 heterocycles. The van der Waals surface area contributed by atoms with Crippen molar-refractivity contribution in [2.45, 2.75) is 31.7 Å². The summed E-state index contributed by atoms with van der Waals surface area (Å²) in [6.07, 6.45) is 0. The van der Waals surface area contributed by atoms with E-state index in [2.05, 4.69) is 9.71 Å². The normalized spacial score (nSPS) is 13.0. The average Bonchev–Trinajstić information content (AvgIpc) is 2.84. The van der Waals surface area contributed by atoms with Gasteiger partial charge in [0.1, 0.15) is 0 Å². The van der Waals surface area contributed by atoms with Crippen LogP contribution in [-0.2, 0) is 10.0 Å². The van der Waals surface area contributed by atoms with Gasteiger partial charge in [0, 0.05) is 17.0 Å². The molecule has 1 N–H and O–H groups in total. The lowest BCUT2D eigenvalue weighted by Crippen LogP contribution is -2.27. The first-order valence-electron chi connectivity index (χ1n) is 6.40. The predicted molar refractivity (Wildman–Crippen MR) is 83.4 cm³/mol. The average molecular weight is 341 g/mol. The molecule has 0 amide bonds. The van der Waals surface area contributed by atoms with Gasteiger partial charge >= 0.3 is 0 Å². The SMILES string of the molecule is Cc1nc([C@H](C)NS(=O)(=O)c2ccc([N+](=O)[O-])c(C)c2)cs1. The number of nitro groups is 1. The molecule has 2 aromatic rings. The maximum absolute atomic E-state index is 12.4. The molecule has 0 bridgehead atoms. The second-order valence-corrected chi connectivity index (χ2v) is 7.62. The van der Waals surface area contributed by atoms with E-state index >= 15 is 0 Å². The van der Waals surface area contributed by atoms with E-state index in [9.17, 15) is 18.5 Å². The van der Waals surface area contributed by atoms with E-state index in [-0.39, 0.29) is 10.6 Å². The van der Waals surface area contributed by atoms with Crippen molar-refractivity contribution in [3.63, 3.8) is 0 Å². The summed E-state index contributed by atoms with van der Waals surface area (Å²) in [5.41, 5.74) is 0.830. The molecule has 0 spiro atoms. The fraction of sp³-hybridized carbons (Fsp3) is 0.308. The summed E-state index contributed by atoms with van der Waals surface area (Å²) < 4.78 is 27.2. The zero-order chi connectivity index (χ0) is 16.5. The largest absolute Gasteiger partial charge is 0.272 e. The fourth-order valence-corrected chi connectivity index (χ4v) is 3.95. The molecule has 0 saturated heterocycles. The molecule has 2 rings (SSSR count). The van der Waals surface area contributed by atoms with E-state index in [1.165, 1.54) is 36.5 Å². The molecule has 118 valence electrons. The van der Waals surface area contributed by atoms with Crippen LogP contribution in [0.5, 0.6) is 0 Å². The molecule has 1 atom stereocenters. The van der Waals surface area contributed by atoms with Crippen LogP contribution in [-0.4, -0.2) is 18.3 Å². The van der Waals surface area contributed by atoms with Crippen molar-refractivity contribution in [1.82, 2.24) is 9.71 Å². The van der Waals surface area contributed by atoms with E-state index in [1.807, 2.05) is 6.92 Å². The number of benzene rings is 1. The number of thiazole rings is 1. The smallest absolute Gasteiger partial charge is 0.258 e. The zero-order valence-corrected chi connectivity index (χ0v) is 13.9. The number of sulfonamides is 1. The van der Waals surface area contributed by atoms with Gasteiger partial charge < -0.3 is 0 Å². The van der Waals surface area contributed by atoms with Crippen molar-refractivity contribution < 1.29 is 13.3 Å². The highest BCUT2D eigenvalue weighted by molar-refractivity contribution is 7.89. The minimum Gasteiger partial charge on any atom is -0.258 e. The minimum absolute atomic E-state index is 0.00518. The first-order chi connectivity index (χ1) is 10.2. The van der Waals surface area contributed by atoms with Crippen LogP contribution in [0.4, 0.5) is 5.69 Å². The summed E-state index contributed by atoms with van der Waals surface area (Å²) >= 11 is 1.44. The monoisotopic (exact) mass is 341 g/mol. The van der Waals surface area contributed by atoms with Crippen LogP contribution in [0, 0.1) is 24.0 Å². The number of rotatable bonds is 5. The molecule has 0 aliphatic heterocycles. The summed E-state index contributed by atoms with van der Waals surface area (Å²) in [6, 6.07) is 3.23. The number of hydrogen-bond acceptors (Lipinski definition) is 6. The fourth-order valence-electron chi connectivity index (χ4n) is 1.94. The van der Waals surface area contributed by atoms with Gasteiger partial charge in [0.15, 0.2) is 0 Å². The quantitative estimate of drug-likeness (QED) is 0.665. The van der Waals surface area contributed by atoms with Crippen molar-refractivity contribution >= 4 is 27.0 Å². The molecule has 0 unspecified atom stereocenters. The van der Waals surface area contributed by atoms with E-state index in [4.69, 9.17) is 0 Å². The number of aromatic nitrogens is 1. The molecule has 1 aromatic carbocycles. The number of nitrogens with one attached hydrogen (secondary N) is 1. The van der Waals surface area contributed by atoms with Crippen LogP contribution in [0.25, 0.3) is 0 Å². The Morgan fingerprint density at radius 1 is 1.36 bits per heavy atom. The van der Waals surface area contributed by atoms with Crippen LogP contribution in [0.2, 0.25) is 0 Å². The Morgan fingerprint density at radius 2 is 2.05 bits per heavy atom. The van der Waals surface area contributed by atoms with Gasteiger partial charge in [-0.3, -0.25) is 10.1 Å². The Labute approximate surface area is 132 Å². The van der Waals surface area contributed by atoms with Crippen LogP contribution in [0.3, 0.4) is 0 Å². The van der Waals surface area contributed by atoms with Crippen molar-refractivity contribution in [3.8, 4) is 0 Å². The highest BCUT2D eigenvalue weighted by Gasteiger charge is 2.22. The summed E-state index contributed by atoms with van der Waals surface area (Å²) in [4.78, 5) is 14.5. The molecule has 0 aliphatic rings. The molecule has 22 heavy (non-hydrogen) atoms. The van der Waals surface area contributed by atoms with Gasteiger partial charge in [-0.15, -0.1) is 11.3 Å². The Bertz CT molecular complexity index is 814. The lowest BCUT2D eigenvalue weighted by atomic mass is 10.2. The summed E-state index contributed by atoms with van der Waals surface area (Å²) in [7, 11) is -3.77. The Kier molecular flexibility index (Phi) is 4.59. The maximum Gasteiger partial charge on any atom is 0.272 e. The van der Waals surface area contributed by atoms with Crippen LogP contribution >= 0.6 is 11.3 Å². The Morgan fingerprint density at radius 3 is 2.55 bits per heavy atom. The molecule has 1 aromatic heterocycles. The minimum atomic E-state index is -3.77. The van der Waals surface area contributed by atoms with E-state index < -0.39 is 21.0 Å². The van der Waals surface area contributed by atoms with Crippen LogP contribution in [0.1, 0.15) is 29.2 Å². The van der Waals surface area contributed by atoms with Crippen molar-refractivity contribution in [2.75, 3.05) is 0 Å². The van der Waals surface area contributed by atoms with Gasteiger partial charge in [0.2, 0.25) is 10.0 Å². The molecular formula is C13H15N3O4S2. The number of nitro benzene ring substituents is 1. The third kappa shape index (κ3) is 3.49. The van der Waals surface area contributed by atoms with Gasteiger partial charge in [-0.2, -0.15) is 0 Å². The Hall–Kier alpha value is -1.84. The lowest BCUT2D eigenvalue weighted by Gasteiger charge is -2.12. The number of hydrogen-bond donors (Lipinski definition) is 1. The Balaban J connectivity index is 2.27. The standard InChI is InChI=1S/C13H15N3O4S2/c1-8-6-11(4-5-13(8)16(17)18)22(19,20)15-9(2)12-7-21-10(3)14-12/h4-7,9,15H,1-3H3/t9-/m0/s1. The first-order valence-corrected chi connectivity index (χ1v) is 8.76. The lowest BCUT2D eigenvalue weighted by molar-refractivity contribution is -0.385. The van der Waals surface area contributed by atoms with Crippen molar-refractivity contribution in [1.29, 1.82) is 0 Å². The van der Waals surface area contributed by atoms with Crippen LogP contribution in [0.15, 0.2) is 28.5 Å². The molecule has 9 heteroatoms. The maximum atomic E-state index is 12.4. The third-order valence-electron chi connectivity index (χ3n) is 3.09. The molecule has 0 radical (unpaired) electrons. The van der Waals surface area contributed by atoms with Gasteiger partial charge in [-0.1, -0.05) is 0 Å². The highest BCUT2D eigenvalue weighted by Crippen LogP contribution is 2.23. The summed E-state index contributed by atoms with van der Waals surface area (Å²) in [5.74, 6) is 0. The molecule has 7 nitrogen and oxygen atoms in total. The second-order valence-electron chi connectivity index (χ2n) is 4.84. The highest BCUT2D eigenvalue weighted by atomic mass is 32.2. The number of aryl methyl sites for hydroxylation is 2. The molecule has 0 fully saturated rings. The first kappa shape index (κ1) is 16.5. The van der Waals surface area contributed by atoms with Crippen molar-refractivity contribution in [3.05, 3.63) is 50.0 Å². The van der Waals surface area contributed by atoms with Gasteiger partial charge in [-0.25, -0.2) is 18.1 Å². The van der Waals surface area contributed by atoms with E-state index in [1.54, 1.807) is 12.3 Å². The van der Waals surface area contributed by atoms with Crippen molar-refractivity contribution in [2.24, 2.45) is 0 Å². The molecular weight excluding hydrogens is 326 g/mol. The summed E-state index contributed by atoms with van der Waals surface area (Å²) in [5, 5.41) is 13.4. The van der Waals surface area contributed by atoms with E-state index in [0.717, 1.165) is 5.01 Å². The summed E-state index contributed by atoms with van der Waals surface area (Å²) in [6.45, 7) is 5.05. The third-order valence-corrected chi connectivity index (χ3v) is 5.42. The van der Waals surface area contributed by atoms with E-state index in [0.29, 0.717) is 11.3 Å². The molecule has 0 aliphatic carbocycles. The second kappa shape index (κ2) is 6.11. The van der Waals surface area contributed by atoms with Crippen LogP contribution < -0.4 is 4.72 Å². The molecule has 0 saturated carbocycles. The van der Waals surface area contributed by atoms with Gasteiger partial charge in [0.25, 0.3) is 5.69 Å². The number of nitrogens with zero attached hydrogens (tertiary/aromatic N) is 2.